The fraction of sp³-hybridized carbons (Fsp3) is 0.167. The molecule has 2 aromatic rings. The number of benzene rings is 2. The molecule has 0 spiro atoms. The van der Waals surface area contributed by atoms with E-state index in [1.807, 2.05) is 0 Å². The van der Waals surface area contributed by atoms with E-state index in [0.717, 1.165) is 0 Å². The third kappa shape index (κ3) is 5.93. The number of rotatable bonds is 6. The number of nitrogens with one attached hydrogen (secondary N) is 2. The molecule has 0 unspecified atom stereocenters. The van der Waals surface area contributed by atoms with Crippen LogP contribution in [0.4, 0.5) is 16.2 Å². The summed E-state index contributed by atoms with van der Waals surface area (Å²) < 4.78 is 4.49. The largest absolute Gasteiger partial charge is 0.453 e. The molecule has 2 rings (SSSR count). The first-order valence-corrected chi connectivity index (χ1v) is 7.89. The number of anilines is 2. The summed E-state index contributed by atoms with van der Waals surface area (Å²) in [5, 5.41) is 5.76. The van der Waals surface area contributed by atoms with Crippen LogP contribution in [0.25, 0.3) is 0 Å². The molecule has 0 saturated heterocycles. The van der Waals surface area contributed by atoms with Crippen molar-refractivity contribution in [2.24, 2.45) is 0 Å². The van der Waals surface area contributed by atoms with Gasteiger partial charge >= 0.3 is 6.09 Å². The number of Topliss-reactive ketones (excluding diaryl/α,β-unsaturated/α-hetero) is 1. The maximum absolute atomic E-state index is 12.0. The van der Waals surface area contributed by atoms with E-state index in [4.69, 9.17) is 11.6 Å². The molecule has 0 heterocycles. The summed E-state index contributed by atoms with van der Waals surface area (Å²) in [5.41, 5.74) is 1.64. The molecule has 6 nitrogen and oxygen atoms in total. The number of ketones is 1. The number of hydrogen-bond acceptors (Lipinski definition) is 4. The zero-order valence-electron chi connectivity index (χ0n) is 13.5. The van der Waals surface area contributed by atoms with Crippen molar-refractivity contribution in [3.8, 4) is 0 Å². The lowest BCUT2D eigenvalue weighted by molar-refractivity contribution is -0.116. The van der Waals surface area contributed by atoms with Gasteiger partial charge in [0.05, 0.1) is 7.11 Å². The number of amides is 2. The van der Waals surface area contributed by atoms with Gasteiger partial charge in [0.25, 0.3) is 0 Å². The van der Waals surface area contributed by atoms with Crippen LogP contribution in [0.15, 0.2) is 48.5 Å². The number of methoxy groups -OCH3 is 1. The number of carbonyl (C=O) groups is 3. The Morgan fingerprint density at radius 1 is 0.880 bits per heavy atom. The Morgan fingerprint density at radius 3 is 2.00 bits per heavy atom. The van der Waals surface area contributed by atoms with Gasteiger partial charge in [-0.25, -0.2) is 4.79 Å². The number of hydrogen-bond donors (Lipinski definition) is 2. The zero-order chi connectivity index (χ0) is 18.2. The summed E-state index contributed by atoms with van der Waals surface area (Å²) in [7, 11) is 1.27. The molecule has 0 aromatic heterocycles. The fourth-order valence-electron chi connectivity index (χ4n) is 2.04. The highest BCUT2D eigenvalue weighted by Crippen LogP contribution is 2.15. The van der Waals surface area contributed by atoms with Gasteiger partial charge < -0.3 is 10.1 Å². The van der Waals surface area contributed by atoms with Gasteiger partial charge in [-0.1, -0.05) is 11.6 Å². The molecule has 130 valence electrons. The Labute approximate surface area is 150 Å². The van der Waals surface area contributed by atoms with Gasteiger partial charge in [-0.3, -0.25) is 14.9 Å². The molecule has 0 fully saturated rings. The summed E-state index contributed by atoms with van der Waals surface area (Å²) in [6, 6.07) is 13.1. The molecule has 25 heavy (non-hydrogen) atoms. The van der Waals surface area contributed by atoms with Crippen LogP contribution in [0.2, 0.25) is 5.02 Å². The summed E-state index contributed by atoms with van der Waals surface area (Å²) in [4.78, 5) is 35.0. The molecule has 2 amide bonds. The van der Waals surface area contributed by atoms with E-state index in [0.29, 0.717) is 22.0 Å². The molecule has 0 aliphatic rings. The van der Waals surface area contributed by atoms with Gasteiger partial charge in [0.1, 0.15) is 0 Å². The van der Waals surface area contributed by atoms with E-state index in [-0.39, 0.29) is 24.5 Å². The molecule has 0 radical (unpaired) electrons. The predicted molar refractivity (Wildman–Crippen MR) is 96.1 cm³/mol. The molecule has 0 atom stereocenters. The van der Waals surface area contributed by atoms with E-state index in [2.05, 4.69) is 15.4 Å². The van der Waals surface area contributed by atoms with Crippen molar-refractivity contribution in [3.05, 3.63) is 59.1 Å². The van der Waals surface area contributed by atoms with Crippen molar-refractivity contribution >= 4 is 40.8 Å². The average molecular weight is 361 g/mol. The van der Waals surface area contributed by atoms with Crippen molar-refractivity contribution in [1.82, 2.24) is 0 Å². The van der Waals surface area contributed by atoms with Gasteiger partial charge in [-0.2, -0.15) is 0 Å². The van der Waals surface area contributed by atoms with Gasteiger partial charge in [0.15, 0.2) is 5.78 Å². The molecule has 0 bridgehead atoms. The number of halogens is 1. The molecular weight excluding hydrogens is 344 g/mol. The third-order valence-electron chi connectivity index (χ3n) is 3.35. The lowest BCUT2D eigenvalue weighted by Gasteiger charge is -2.07. The van der Waals surface area contributed by atoms with Crippen molar-refractivity contribution in [1.29, 1.82) is 0 Å². The van der Waals surface area contributed by atoms with Crippen molar-refractivity contribution in [2.45, 2.75) is 12.8 Å². The molecule has 0 aliphatic carbocycles. The maximum Gasteiger partial charge on any atom is 0.411 e. The van der Waals surface area contributed by atoms with Crippen LogP contribution in [0.5, 0.6) is 0 Å². The highest BCUT2D eigenvalue weighted by atomic mass is 35.5. The lowest BCUT2D eigenvalue weighted by Crippen LogP contribution is -2.14. The Balaban J connectivity index is 1.82. The van der Waals surface area contributed by atoms with Crippen LogP contribution in [0, 0.1) is 0 Å². The summed E-state index contributed by atoms with van der Waals surface area (Å²) >= 11 is 5.78. The Hall–Kier alpha value is -2.86. The maximum atomic E-state index is 12.0. The van der Waals surface area contributed by atoms with E-state index in [1.54, 1.807) is 48.5 Å². The van der Waals surface area contributed by atoms with Crippen molar-refractivity contribution < 1.29 is 19.1 Å². The number of ether oxygens (including phenoxy) is 1. The second-order valence-corrected chi connectivity index (χ2v) is 5.61. The predicted octanol–water partition coefficient (Wildman–Crippen LogP) is 4.12. The third-order valence-corrected chi connectivity index (χ3v) is 3.60. The highest BCUT2D eigenvalue weighted by molar-refractivity contribution is 6.30. The van der Waals surface area contributed by atoms with Crippen LogP contribution < -0.4 is 10.6 Å². The van der Waals surface area contributed by atoms with E-state index < -0.39 is 6.09 Å². The Kier molecular flexibility index (Phi) is 6.54. The summed E-state index contributed by atoms with van der Waals surface area (Å²) in [6.45, 7) is 0. The molecule has 0 saturated carbocycles. The van der Waals surface area contributed by atoms with Crippen LogP contribution in [0.3, 0.4) is 0 Å². The Bertz CT molecular complexity index is 758. The summed E-state index contributed by atoms with van der Waals surface area (Å²) in [5.74, 6) is -0.388. The standard InChI is InChI=1S/C18H17ClN2O4/c1-25-18(24)21-15-8-6-14(7-9-15)20-17(23)11-10-16(22)12-2-4-13(19)5-3-12/h2-9H,10-11H2,1H3,(H,20,23)(H,21,24). The first-order chi connectivity index (χ1) is 12.0. The van der Waals surface area contributed by atoms with Crippen LogP contribution in [-0.2, 0) is 9.53 Å². The van der Waals surface area contributed by atoms with Crippen LogP contribution in [-0.4, -0.2) is 24.9 Å². The molecule has 7 heteroatoms. The van der Waals surface area contributed by atoms with Gasteiger partial charge in [0.2, 0.25) is 5.91 Å². The van der Waals surface area contributed by atoms with Gasteiger partial charge in [-0.15, -0.1) is 0 Å². The van der Waals surface area contributed by atoms with E-state index in [1.165, 1.54) is 7.11 Å². The van der Waals surface area contributed by atoms with Crippen molar-refractivity contribution in [2.75, 3.05) is 17.7 Å². The minimum atomic E-state index is -0.572. The smallest absolute Gasteiger partial charge is 0.411 e. The molecule has 2 N–H and O–H groups in total. The molecular formula is C18H17ClN2O4. The summed E-state index contributed by atoms with van der Waals surface area (Å²) in [6.07, 6.45) is -0.392. The Morgan fingerprint density at radius 2 is 1.44 bits per heavy atom. The first kappa shape index (κ1) is 18.5. The quantitative estimate of drug-likeness (QED) is 0.759. The van der Waals surface area contributed by atoms with Crippen LogP contribution in [0.1, 0.15) is 23.2 Å². The van der Waals surface area contributed by atoms with E-state index in [9.17, 15) is 14.4 Å². The molecule has 2 aromatic carbocycles. The minimum Gasteiger partial charge on any atom is -0.453 e. The fourth-order valence-corrected chi connectivity index (χ4v) is 2.16. The number of carbonyl (C=O) groups excluding carboxylic acids is 3. The first-order valence-electron chi connectivity index (χ1n) is 7.51. The second kappa shape index (κ2) is 8.84. The minimum absolute atomic E-state index is 0.0730. The van der Waals surface area contributed by atoms with Crippen LogP contribution >= 0.6 is 11.6 Å². The van der Waals surface area contributed by atoms with Gasteiger partial charge in [0, 0.05) is 34.8 Å². The monoisotopic (exact) mass is 360 g/mol. The molecule has 0 aliphatic heterocycles. The topological polar surface area (TPSA) is 84.5 Å². The zero-order valence-corrected chi connectivity index (χ0v) is 14.3. The SMILES string of the molecule is COC(=O)Nc1ccc(NC(=O)CCC(=O)c2ccc(Cl)cc2)cc1. The van der Waals surface area contributed by atoms with Gasteiger partial charge in [-0.05, 0) is 48.5 Å². The van der Waals surface area contributed by atoms with E-state index >= 15 is 0 Å². The second-order valence-electron chi connectivity index (χ2n) is 5.17. The average Bonchev–Trinajstić information content (AvgIpc) is 2.62. The highest BCUT2D eigenvalue weighted by Gasteiger charge is 2.10. The lowest BCUT2D eigenvalue weighted by atomic mass is 10.1. The van der Waals surface area contributed by atoms with Crippen molar-refractivity contribution in [3.63, 3.8) is 0 Å². The normalized spacial score (nSPS) is 10.0.